The summed E-state index contributed by atoms with van der Waals surface area (Å²) in [4.78, 5) is 26.4. The second-order valence-corrected chi connectivity index (χ2v) is 8.35. The highest BCUT2D eigenvalue weighted by Gasteiger charge is 2.26. The standard InChI is InChI=1S/C25H26ClFN4O/c1-3-23-21(16-18-7-6-8-19(27)15-18)24(29-17(2)28-23)30-11-13-31(14-12-30)25(32)20-9-4-5-10-22(20)26/h4-10,15H,3,11-14,16H2,1-2H3. The van der Waals surface area contributed by atoms with E-state index < -0.39 is 0 Å². The number of carbonyl (C=O) groups excluding carboxylic acids is 1. The van der Waals surface area contributed by atoms with Crippen molar-refractivity contribution in [2.24, 2.45) is 0 Å². The largest absolute Gasteiger partial charge is 0.353 e. The molecule has 0 radical (unpaired) electrons. The van der Waals surface area contributed by atoms with E-state index in [1.165, 1.54) is 6.07 Å². The van der Waals surface area contributed by atoms with Crippen molar-refractivity contribution >= 4 is 23.3 Å². The summed E-state index contributed by atoms with van der Waals surface area (Å²) in [5.74, 6) is 1.29. The van der Waals surface area contributed by atoms with Crippen LogP contribution in [0.15, 0.2) is 48.5 Å². The van der Waals surface area contributed by atoms with Gasteiger partial charge in [-0.3, -0.25) is 4.79 Å². The first kappa shape index (κ1) is 22.2. The van der Waals surface area contributed by atoms with Crippen molar-refractivity contribution in [3.63, 3.8) is 0 Å². The van der Waals surface area contributed by atoms with Crippen LogP contribution in [0.5, 0.6) is 0 Å². The van der Waals surface area contributed by atoms with E-state index >= 15 is 0 Å². The molecule has 4 rings (SSSR count). The first-order valence-corrected chi connectivity index (χ1v) is 11.2. The highest BCUT2D eigenvalue weighted by atomic mass is 35.5. The maximum atomic E-state index is 13.8. The Labute approximate surface area is 192 Å². The Kier molecular flexibility index (Phi) is 6.70. The number of nitrogens with zero attached hydrogens (tertiary/aromatic N) is 4. The summed E-state index contributed by atoms with van der Waals surface area (Å²) in [5.41, 5.74) is 3.42. The Morgan fingerprint density at radius 2 is 1.81 bits per heavy atom. The molecule has 2 heterocycles. The Balaban J connectivity index is 1.57. The fourth-order valence-electron chi connectivity index (χ4n) is 4.15. The van der Waals surface area contributed by atoms with Crippen LogP contribution >= 0.6 is 11.6 Å². The van der Waals surface area contributed by atoms with Crippen molar-refractivity contribution in [2.45, 2.75) is 26.7 Å². The summed E-state index contributed by atoms with van der Waals surface area (Å²) < 4.78 is 13.8. The smallest absolute Gasteiger partial charge is 0.255 e. The molecule has 1 aromatic heterocycles. The minimum atomic E-state index is -0.248. The van der Waals surface area contributed by atoms with Gasteiger partial charge in [0.05, 0.1) is 10.6 Å². The number of aromatic nitrogens is 2. The minimum Gasteiger partial charge on any atom is -0.353 e. The third-order valence-electron chi connectivity index (χ3n) is 5.76. The number of hydrogen-bond acceptors (Lipinski definition) is 4. The predicted octanol–water partition coefficient (Wildman–Crippen LogP) is 4.69. The van der Waals surface area contributed by atoms with E-state index in [1.807, 2.05) is 30.0 Å². The molecule has 0 saturated carbocycles. The number of carbonyl (C=O) groups is 1. The highest BCUT2D eigenvalue weighted by Crippen LogP contribution is 2.27. The number of aryl methyl sites for hydroxylation is 2. The quantitative estimate of drug-likeness (QED) is 0.563. The summed E-state index contributed by atoms with van der Waals surface area (Å²) >= 11 is 6.22. The lowest BCUT2D eigenvalue weighted by Gasteiger charge is -2.36. The van der Waals surface area contributed by atoms with E-state index in [0.29, 0.717) is 43.2 Å². The van der Waals surface area contributed by atoms with Crippen LogP contribution in [0.4, 0.5) is 10.2 Å². The van der Waals surface area contributed by atoms with E-state index in [4.69, 9.17) is 16.6 Å². The Morgan fingerprint density at radius 1 is 1.06 bits per heavy atom. The van der Waals surface area contributed by atoms with Gasteiger partial charge in [-0.15, -0.1) is 0 Å². The van der Waals surface area contributed by atoms with Crippen molar-refractivity contribution in [3.8, 4) is 0 Å². The van der Waals surface area contributed by atoms with Crippen LogP contribution in [0.2, 0.25) is 5.02 Å². The first-order chi connectivity index (χ1) is 15.5. The van der Waals surface area contributed by atoms with Gasteiger partial charge in [-0.2, -0.15) is 0 Å². The van der Waals surface area contributed by atoms with Crippen molar-refractivity contribution in [2.75, 3.05) is 31.1 Å². The zero-order valence-electron chi connectivity index (χ0n) is 18.3. The van der Waals surface area contributed by atoms with Gasteiger partial charge < -0.3 is 9.80 Å². The predicted molar refractivity (Wildman–Crippen MR) is 125 cm³/mol. The third kappa shape index (κ3) is 4.75. The van der Waals surface area contributed by atoms with Gasteiger partial charge in [0.15, 0.2) is 0 Å². The summed E-state index contributed by atoms with van der Waals surface area (Å²) in [5, 5.41) is 0.469. The first-order valence-electron chi connectivity index (χ1n) is 10.9. The lowest BCUT2D eigenvalue weighted by Crippen LogP contribution is -2.49. The van der Waals surface area contributed by atoms with E-state index in [2.05, 4.69) is 16.8 Å². The molecule has 7 heteroatoms. The Morgan fingerprint density at radius 3 is 2.50 bits per heavy atom. The average molecular weight is 453 g/mol. The van der Waals surface area contributed by atoms with Crippen molar-refractivity contribution < 1.29 is 9.18 Å². The number of piperazine rings is 1. The van der Waals surface area contributed by atoms with Crippen LogP contribution in [0.1, 0.15) is 39.9 Å². The third-order valence-corrected chi connectivity index (χ3v) is 6.09. The topological polar surface area (TPSA) is 49.3 Å². The molecule has 0 unspecified atom stereocenters. The van der Waals surface area contributed by atoms with Gasteiger partial charge in [-0.25, -0.2) is 14.4 Å². The Bertz CT molecular complexity index is 1130. The molecule has 0 spiro atoms. The molecule has 1 amide bonds. The molecule has 1 aliphatic heterocycles. The van der Waals surface area contributed by atoms with Crippen molar-refractivity contribution in [1.82, 2.24) is 14.9 Å². The molecule has 1 aliphatic rings. The second kappa shape index (κ2) is 9.65. The number of halogens is 2. The molecule has 2 aromatic carbocycles. The molecule has 0 bridgehead atoms. The van der Waals surface area contributed by atoms with Gasteiger partial charge >= 0.3 is 0 Å². The SMILES string of the molecule is CCc1nc(C)nc(N2CCN(C(=O)c3ccccc3Cl)CC2)c1Cc1cccc(F)c1. The number of anilines is 1. The van der Waals surface area contributed by atoms with Crippen LogP contribution in [0.3, 0.4) is 0 Å². The molecule has 0 aliphatic carbocycles. The van der Waals surface area contributed by atoms with Crippen LogP contribution in [0, 0.1) is 12.7 Å². The van der Waals surface area contributed by atoms with Gasteiger partial charge in [0.2, 0.25) is 0 Å². The van der Waals surface area contributed by atoms with Gasteiger partial charge in [0, 0.05) is 43.9 Å². The fourth-order valence-corrected chi connectivity index (χ4v) is 4.37. The summed E-state index contributed by atoms with van der Waals surface area (Å²) in [6.07, 6.45) is 1.33. The lowest BCUT2D eigenvalue weighted by molar-refractivity contribution is 0.0746. The molecule has 32 heavy (non-hydrogen) atoms. The van der Waals surface area contributed by atoms with Crippen LogP contribution in [-0.4, -0.2) is 47.0 Å². The summed E-state index contributed by atoms with van der Waals surface area (Å²) in [6.45, 7) is 6.44. The van der Waals surface area contributed by atoms with E-state index in [1.54, 1.807) is 24.3 Å². The normalized spacial score (nSPS) is 14.0. The zero-order valence-corrected chi connectivity index (χ0v) is 19.1. The molecule has 1 saturated heterocycles. The second-order valence-electron chi connectivity index (χ2n) is 7.94. The van der Waals surface area contributed by atoms with Gasteiger partial charge in [-0.1, -0.05) is 42.8 Å². The fraction of sp³-hybridized carbons (Fsp3) is 0.320. The maximum absolute atomic E-state index is 13.8. The number of rotatable bonds is 5. The van der Waals surface area contributed by atoms with Gasteiger partial charge in [0.1, 0.15) is 17.5 Å². The monoisotopic (exact) mass is 452 g/mol. The maximum Gasteiger partial charge on any atom is 0.255 e. The van der Waals surface area contributed by atoms with E-state index in [-0.39, 0.29) is 11.7 Å². The molecular formula is C25H26ClFN4O. The molecule has 1 fully saturated rings. The molecule has 3 aromatic rings. The molecule has 166 valence electrons. The number of benzene rings is 2. The number of amides is 1. The van der Waals surface area contributed by atoms with Crippen LogP contribution in [0.25, 0.3) is 0 Å². The highest BCUT2D eigenvalue weighted by molar-refractivity contribution is 6.33. The molecule has 0 atom stereocenters. The molecule has 5 nitrogen and oxygen atoms in total. The molecule has 0 N–H and O–H groups in total. The zero-order chi connectivity index (χ0) is 22.7. The Hall–Kier alpha value is -2.99. The minimum absolute atomic E-state index is 0.0525. The summed E-state index contributed by atoms with van der Waals surface area (Å²) in [6, 6.07) is 13.8. The van der Waals surface area contributed by atoms with Crippen LogP contribution in [-0.2, 0) is 12.8 Å². The summed E-state index contributed by atoms with van der Waals surface area (Å²) in [7, 11) is 0. The van der Waals surface area contributed by atoms with Gasteiger partial charge in [-0.05, 0) is 43.2 Å². The van der Waals surface area contributed by atoms with E-state index in [9.17, 15) is 9.18 Å². The van der Waals surface area contributed by atoms with E-state index in [0.717, 1.165) is 34.9 Å². The van der Waals surface area contributed by atoms with Gasteiger partial charge in [0.25, 0.3) is 5.91 Å². The lowest BCUT2D eigenvalue weighted by atomic mass is 10.0. The number of hydrogen-bond donors (Lipinski definition) is 0. The van der Waals surface area contributed by atoms with Crippen LogP contribution < -0.4 is 4.90 Å². The average Bonchev–Trinajstić information content (AvgIpc) is 2.80. The van der Waals surface area contributed by atoms with Crippen molar-refractivity contribution in [1.29, 1.82) is 0 Å². The van der Waals surface area contributed by atoms with Crippen molar-refractivity contribution in [3.05, 3.63) is 87.6 Å². The molecular weight excluding hydrogens is 427 g/mol.